The Kier molecular flexibility index (Phi) is 4.60. The Balaban J connectivity index is 1.72. The molecule has 100 valence electrons. The molecule has 0 spiro atoms. The van der Waals surface area contributed by atoms with Crippen LogP contribution in [0.2, 0.25) is 0 Å². The van der Waals surface area contributed by atoms with Gasteiger partial charge in [-0.05, 0) is 35.8 Å². The van der Waals surface area contributed by atoms with Gasteiger partial charge in [-0.2, -0.15) is 0 Å². The van der Waals surface area contributed by atoms with Crippen LogP contribution in [0.5, 0.6) is 0 Å². The molecule has 6 heteroatoms. The summed E-state index contributed by atoms with van der Waals surface area (Å²) >= 11 is 0. The van der Waals surface area contributed by atoms with Crippen molar-refractivity contribution in [2.24, 2.45) is 0 Å². The lowest BCUT2D eigenvalue weighted by Gasteiger charge is -2.13. The lowest BCUT2D eigenvalue weighted by molar-refractivity contribution is -0.122. The van der Waals surface area contributed by atoms with Gasteiger partial charge in [0.1, 0.15) is 12.9 Å². The van der Waals surface area contributed by atoms with Crippen LogP contribution >= 0.6 is 0 Å². The van der Waals surface area contributed by atoms with Crippen LogP contribution in [0.1, 0.15) is 18.9 Å². The van der Waals surface area contributed by atoms with Gasteiger partial charge in [0.15, 0.2) is 0 Å². The van der Waals surface area contributed by atoms with Crippen LogP contribution in [0.15, 0.2) is 36.7 Å². The third-order valence-electron chi connectivity index (χ3n) is 2.81. The highest BCUT2D eigenvalue weighted by atomic mass is 16.2. The molecule has 1 aromatic heterocycles. The van der Waals surface area contributed by atoms with Gasteiger partial charge in [0.2, 0.25) is 5.91 Å². The predicted molar refractivity (Wildman–Crippen MR) is 70.2 cm³/mol. The Bertz CT molecular complexity index is 497. The monoisotopic (exact) mass is 259 g/mol. The van der Waals surface area contributed by atoms with Gasteiger partial charge in [-0.25, -0.2) is 4.68 Å². The smallest absolute Gasteiger partial charge is 0.242 e. The number of amides is 1. The van der Waals surface area contributed by atoms with Crippen LogP contribution in [-0.4, -0.2) is 32.2 Å². The summed E-state index contributed by atoms with van der Waals surface area (Å²) in [4.78, 5) is 11.7. The van der Waals surface area contributed by atoms with E-state index in [2.05, 4.69) is 33.0 Å². The van der Waals surface area contributed by atoms with E-state index in [-0.39, 0.29) is 18.5 Å². The van der Waals surface area contributed by atoms with E-state index in [4.69, 9.17) is 0 Å². The second-order valence-electron chi connectivity index (χ2n) is 4.50. The van der Waals surface area contributed by atoms with Gasteiger partial charge in [0, 0.05) is 6.04 Å². The van der Waals surface area contributed by atoms with Crippen molar-refractivity contribution in [3.63, 3.8) is 0 Å². The minimum Gasteiger partial charge on any atom is -0.352 e. The fourth-order valence-corrected chi connectivity index (χ4v) is 1.82. The molecule has 19 heavy (non-hydrogen) atoms. The molecule has 0 aliphatic heterocycles. The van der Waals surface area contributed by atoms with Gasteiger partial charge in [0.05, 0.1) is 0 Å². The number of benzene rings is 1. The lowest BCUT2D eigenvalue weighted by Crippen LogP contribution is -2.35. The second kappa shape index (κ2) is 6.63. The highest BCUT2D eigenvalue weighted by Gasteiger charge is 2.08. The number of nitrogens with zero attached hydrogens (tertiary/aromatic N) is 4. The first-order valence-electron chi connectivity index (χ1n) is 6.28. The van der Waals surface area contributed by atoms with E-state index < -0.39 is 0 Å². The molecule has 2 aromatic rings. The lowest BCUT2D eigenvalue weighted by atomic mass is 10.1. The molecule has 0 saturated heterocycles. The zero-order chi connectivity index (χ0) is 13.5. The molecule has 1 amide bonds. The summed E-state index contributed by atoms with van der Waals surface area (Å²) in [6.45, 7) is 2.16. The van der Waals surface area contributed by atoms with E-state index in [0.717, 1.165) is 12.8 Å². The average molecular weight is 259 g/mol. The minimum absolute atomic E-state index is 0.0761. The highest BCUT2D eigenvalue weighted by molar-refractivity contribution is 5.75. The van der Waals surface area contributed by atoms with Crippen molar-refractivity contribution in [1.29, 1.82) is 0 Å². The highest BCUT2D eigenvalue weighted by Crippen LogP contribution is 2.04. The van der Waals surface area contributed by atoms with Crippen molar-refractivity contribution in [3.8, 4) is 0 Å². The van der Waals surface area contributed by atoms with Crippen LogP contribution in [-0.2, 0) is 17.8 Å². The zero-order valence-electron chi connectivity index (χ0n) is 10.9. The summed E-state index contributed by atoms with van der Waals surface area (Å²) in [6, 6.07) is 10.4. The molecule has 1 aromatic carbocycles. The SMILES string of the molecule is C[C@H](CCc1ccccc1)NC(=O)Cn1cnnn1. The Morgan fingerprint density at radius 1 is 1.37 bits per heavy atom. The molecule has 0 bridgehead atoms. The molecule has 1 heterocycles. The molecule has 0 aliphatic rings. The van der Waals surface area contributed by atoms with E-state index in [9.17, 15) is 4.79 Å². The molecule has 0 aliphatic carbocycles. The third kappa shape index (κ3) is 4.50. The number of hydrogen-bond donors (Lipinski definition) is 1. The number of aromatic nitrogens is 4. The Morgan fingerprint density at radius 2 is 2.16 bits per heavy atom. The van der Waals surface area contributed by atoms with Gasteiger partial charge in [-0.15, -0.1) is 5.10 Å². The number of aryl methyl sites for hydroxylation is 1. The number of hydrogen-bond acceptors (Lipinski definition) is 4. The fourth-order valence-electron chi connectivity index (χ4n) is 1.82. The summed E-state index contributed by atoms with van der Waals surface area (Å²) in [7, 11) is 0. The third-order valence-corrected chi connectivity index (χ3v) is 2.81. The number of carbonyl (C=O) groups is 1. The maximum absolute atomic E-state index is 11.7. The predicted octanol–water partition coefficient (Wildman–Crippen LogP) is 0.811. The Morgan fingerprint density at radius 3 is 2.84 bits per heavy atom. The van der Waals surface area contributed by atoms with Crippen molar-refractivity contribution in [2.45, 2.75) is 32.4 Å². The summed E-state index contributed by atoms with van der Waals surface area (Å²) in [5, 5.41) is 13.6. The Labute approximate surface area is 111 Å². The topological polar surface area (TPSA) is 72.7 Å². The quantitative estimate of drug-likeness (QED) is 0.833. The average Bonchev–Trinajstić information content (AvgIpc) is 2.90. The van der Waals surface area contributed by atoms with Crippen LogP contribution in [0.4, 0.5) is 0 Å². The molecule has 0 saturated carbocycles. The van der Waals surface area contributed by atoms with Gasteiger partial charge in [0.25, 0.3) is 0 Å². The normalized spacial score (nSPS) is 12.1. The standard InChI is InChI=1S/C13H17N5O/c1-11(7-8-12-5-3-2-4-6-12)15-13(19)9-18-10-14-16-17-18/h2-6,10-11H,7-9H2,1H3,(H,15,19)/t11-/m1/s1. The molecule has 6 nitrogen and oxygen atoms in total. The Hall–Kier alpha value is -2.24. The molecule has 2 rings (SSSR count). The molecular formula is C13H17N5O. The molecule has 0 fully saturated rings. The van der Waals surface area contributed by atoms with Crippen molar-refractivity contribution >= 4 is 5.91 Å². The van der Waals surface area contributed by atoms with Gasteiger partial charge < -0.3 is 5.32 Å². The van der Waals surface area contributed by atoms with Crippen LogP contribution < -0.4 is 5.32 Å². The fraction of sp³-hybridized carbons (Fsp3) is 0.385. The minimum atomic E-state index is -0.0761. The summed E-state index contributed by atoms with van der Waals surface area (Å²) in [5.41, 5.74) is 1.28. The molecule has 0 unspecified atom stereocenters. The van der Waals surface area contributed by atoms with Crippen molar-refractivity contribution < 1.29 is 4.79 Å². The van der Waals surface area contributed by atoms with E-state index >= 15 is 0 Å². The maximum atomic E-state index is 11.7. The molecule has 0 radical (unpaired) electrons. The molecular weight excluding hydrogens is 242 g/mol. The maximum Gasteiger partial charge on any atom is 0.242 e. The van der Waals surface area contributed by atoms with Gasteiger partial charge in [-0.1, -0.05) is 30.3 Å². The first-order valence-corrected chi connectivity index (χ1v) is 6.28. The van der Waals surface area contributed by atoms with Crippen molar-refractivity contribution in [1.82, 2.24) is 25.5 Å². The van der Waals surface area contributed by atoms with E-state index in [0.29, 0.717) is 0 Å². The van der Waals surface area contributed by atoms with E-state index in [1.807, 2.05) is 25.1 Å². The van der Waals surface area contributed by atoms with Crippen LogP contribution in [0.25, 0.3) is 0 Å². The van der Waals surface area contributed by atoms with Gasteiger partial charge >= 0.3 is 0 Å². The zero-order valence-corrected chi connectivity index (χ0v) is 10.9. The first kappa shape index (κ1) is 13.2. The van der Waals surface area contributed by atoms with Crippen LogP contribution in [0.3, 0.4) is 0 Å². The molecule has 1 atom stereocenters. The van der Waals surface area contributed by atoms with E-state index in [1.54, 1.807) is 0 Å². The van der Waals surface area contributed by atoms with Crippen molar-refractivity contribution in [2.75, 3.05) is 0 Å². The summed E-state index contributed by atoms with van der Waals surface area (Å²) in [5.74, 6) is -0.0761. The first-order chi connectivity index (χ1) is 9.24. The van der Waals surface area contributed by atoms with E-state index in [1.165, 1.54) is 16.6 Å². The van der Waals surface area contributed by atoms with Gasteiger partial charge in [-0.3, -0.25) is 4.79 Å². The number of nitrogens with one attached hydrogen (secondary N) is 1. The summed E-state index contributed by atoms with van der Waals surface area (Å²) in [6.07, 6.45) is 3.28. The number of rotatable bonds is 6. The van der Waals surface area contributed by atoms with Crippen LogP contribution in [0, 0.1) is 0 Å². The van der Waals surface area contributed by atoms with Crippen molar-refractivity contribution in [3.05, 3.63) is 42.2 Å². The largest absolute Gasteiger partial charge is 0.352 e. The molecule has 1 N–H and O–H groups in total. The number of carbonyl (C=O) groups excluding carboxylic acids is 1. The number of tetrazole rings is 1. The summed E-state index contributed by atoms with van der Waals surface area (Å²) < 4.78 is 1.40. The second-order valence-corrected chi connectivity index (χ2v) is 4.50.